The first-order valence-corrected chi connectivity index (χ1v) is 3.58. The van der Waals surface area contributed by atoms with Crippen molar-refractivity contribution >= 4 is 27.4 Å². The Bertz CT molecular complexity index is 324. The molecule has 0 unspecified atom stereocenters. The molecule has 1 heterocycles. The van der Waals surface area contributed by atoms with Gasteiger partial charge in [-0.05, 0) is 0 Å². The van der Waals surface area contributed by atoms with Crippen LogP contribution in [0.5, 0.6) is 0 Å². The molecule has 0 spiro atoms. The third-order valence-electron chi connectivity index (χ3n) is 0.756. The highest BCUT2D eigenvalue weighted by molar-refractivity contribution is 8.03. The standard InChI is InChI=1S/C3H2N2O4S/c6-3-4-1-2(5-3)10(7,8)9/h1H,(H,7,8,9). The maximum Gasteiger partial charge on any atom is 0.368 e. The second kappa shape index (κ2) is 1.96. The maximum absolute atomic E-state index is 10.2. The molecule has 1 aliphatic rings. The second-order valence-corrected chi connectivity index (χ2v) is 2.83. The van der Waals surface area contributed by atoms with E-state index in [4.69, 9.17) is 4.55 Å². The summed E-state index contributed by atoms with van der Waals surface area (Å²) in [5.41, 5.74) is 0. The predicted molar refractivity (Wildman–Crippen MR) is 32.9 cm³/mol. The normalized spacial score (nSPS) is 17.7. The van der Waals surface area contributed by atoms with Crippen molar-refractivity contribution in [3.63, 3.8) is 0 Å². The van der Waals surface area contributed by atoms with E-state index in [2.05, 4.69) is 9.98 Å². The summed E-state index contributed by atoms with van der Waals surface area (Å²) in [7, 11) is -4.36. The molecule has 54 valence electrons. The molecule has 2 amide bonds. The average Bonchev–Trinajstić information content (AvgIpc) is 2.11. The third kappa shape index (κ3) is 1.25. The number of hydrogen-bond donors (Lipinski definition) is 1. The smallest absolute Gasteiger partial charge is 0.281 e. The molecule has 0 saturated carbocycles. The highest BCUT2D eigenvalue weighted by Gasteiger charge is 2.19. The molecule has 0 saturated heterocycles. The molecule has 0 aromatic carbocycles. The van der Waals surface area contributed by atoms with Gasteiger partial charge in [-0.3, -0.25) is 4.55 Å². The Morgan fingerprint density at radius 2 is 2.10 bits per heavy atom. The minimum absolute atomic E-state index is 0.692. The van der Waals surface area contributed by atoms with Gasteiger partial charge in [0.2, 0.25) is 5.04 Å². The highest BCUT2D eigenvalue weighted by atomic mass is 32.2. The van der Waals surface area contributed by atoms with Gasteiger partial charge in [-0.15, -0.1) is 0 Å². The van der Waals surface area contributed by atoms with Crippen molar-refractivity contribution in [1.29, 1.82) is 0 Å². The summed E-state index contributed by atoms with van der Waals surface area (Å²) >= 11 is 0. The zero-order valence-electron chi connectivity index (χ0n) is 4.55. The SMILES string of the molecule is O=C1N=CC(S(=O)(=O)O)=N1. The maximum atomic E-state index is 10.2. The minimum atomic E-state index is -4.36. The molecule has 0 bridgehead atoms. The number of amides is 2. The van der Waals surface area contributed by atoms with Crippen LogP contribution in [0.3, 0.4) is 0 Å². The Morgan fingerprint density at radius 1 is 1.50 bits per heavy atom. The Hall–Kier alpha value is -1.08. The van der Waals surface area contributed by atoms with Gasteiger partial charge >= 0.3 is 16.1 Å². The van der Waals surface area contributed by atoms with Crippen LogP contribution >= 0.6 is 0 Å². The van der Waals surface area contributed by atoms with Crippen molar-refractivity contribution in [2.75, 3.05) is 0 Å². The summed E-state index contributed by atoms with van der Waals surface area (Å²) in [6.07, 6.45) is 0.692. The Kier molecular flexibility index (Phi) is 1.38. The van der Waals surface area contributed by atoms with E-state index in [0.717, 1.165) is 0 Å². The summed E-state index contributed by atoms with van der Waals surface area (Å²) in [6, 6.07) is -0.923. The largest absolute Gasteiger partial charge is 0.368 e. The van der Waals surface area contributed by atoms with Crippen LogP contribution in [-0.4, -0.2) is 30.3 Å². The van der Waals surface area contributed by atoms with E-state index < -0.39 is 21.2 Å². The number of aliphatic imine (C=N–C) groups is 2. The lowest BCUT2D eigenvalue weighted by Crippen LogP contribution is -2.12. The predicted octanol–water partition coefficient (Wildman–Crippen LogP) is -0.523. The van der Waals surface area contributed by atoms with Gasteiger partial charge in [0.05, 0.1) is 6.21 Å². The molecule has 0 radical (unpaired) electrons. The first-order chi connectivity index (χ1) is 4.50. The monoisotopic (exact) mass is 162 g/mol. The number of nitrogens with zero attached hydrogens (tertiary/aromatic N) is 2. The van der Waals surface area contributed by atoms with Crippen LogP contribution in [0, 0.1) is 0 Å². The van der Waals surface area contributed by atoms with Gasteiger partial charge in [0.1, 0.15) is 0 Å². The van der Waals surface area contributed by atoms with Crippen molar-refractivity contribution in [3.05, 3.63) is 0 Å². The molecule has 0 fully saturated rings. The van der Waals surface area contributed by atoms with Crippen LogP contribution in [-0.2, 0) is 10.1 Å². The third-order valence-corrected chi connectivity index (χ3v) is 1.48. The van der Waals surface area contributed by atoms with E-state index in [1.54, 1.807) is 0 Å². The molecule has 10 heavy (non-hydrogen) atoms. The number of rotatable bonds is 0. The summed E-state index contributed by atoms with van der Waals surface area (Å²) in [4.78, 5) is 16.0. The van der Waals surface area contributed by atoms with Crippen molar-refractivity contribution in [1.82, 2.24) is 0 Å². The lowest BCUT2D eigenvalue weighted by molar-refractivity contribution is 0.257. The lowest BCUT2D eigenvalue weighted by Gasteiger charge is -1.84. The zero-order chi connectivity index (χ0) is 7.78. The van der Waals surface area contributed by atoms with Crippen LogP contribution in [0.2, 0.25) is 0 Å². The minimum Gasteiger partial charge on any atom is -0.281 e. The van der Waals surface area contributed by atoms with Crippen LogP contribution in [0.25, 0.3) is 0 Å². The summed E-state index contributed by atoms with van der Waals surface area (Å²) in [5, 5.41) is -0.711. The zero-order valence-corrected chi connectivity index (χ0v) is 5.37. The van der Waals surface area contributed by atoms with E-state index in [0.29, 0.717) is 6.21 Å². The fourth-order valence-electron chi connectivity index (χ4n) is 0.387. The molecular formula is C3H2N2O4S. The second-order valence-electron chi connectivity index (χ2n) is 1.47. The number of urea groups is 1. The van der Waals surface area contributed by atoms with E-state index in [9.17, 15) is 13.2 Å². The number of carbonyl (C=O) groups excluding carboxylic acids is 1. The quantitative estimate of drug-likeness (QED) is 0.484. The topological polar surface area (TPSA) is 96.2 Å². The molecule has 1 N–H and O–H groups in total. The van der Waals surface area contributed by atoms with Crippen molar-refractivity contribution in [3.8, 4) is 0 Å². The van der Waals surface area contributed by atoms with Gasteiger partial charge in [0, 0.05) is 0 Å². The van der Waals surface area contributed by atoms with E-state index in [1.165, 1.54) is 0 Å². The molecule has 0 aliphatic carbocycles. The molecule has 1 aliphatic heterocycles. The lowest BCUT2D eigenvalue weighted by atomic mass is 10.8. The first kappa shape index (κ1) is 7.03. The van der Waals surface area contributed by atoms with E-state index in [1.807, 2.05) is 0 Å². The fourth-order valence-corrected chi connectivity index (χ4v) is 0.766. The average molecular weight is 162 g/mol. The molecule has 0 aromatic heterocycles. The molecule has 0 atom stereocenters. The molecule has 6 nitrogen and oxygen atoms in total. The fraction of sp³-hybridized carbons (Fsp3) is 0. The molecular weight excluding hydrogens is 160 g/mol. The summed E-state index contributed by atoms with van der Waals surface area (Å²) in [5.74, 6) is 0. The van der Waals surface area contributed by atoms with Crippen LogP contribution in [0.15, 0.2) is 9.98 Å². The van der Waals surface area contributed by atoms with Gasteiger partial charge in [-0.1, -0.05) is 0 Å². The first-order valence-electron chi connectivity index (χ1n) is 2.14. The van der Waals surface area contributed by atoms with Crippen LogP contribution in [0.1, 0.15) is 0 Å². The summed E-state index contributed by atoms with van der Waals surface area (Å²) < 4.78 is 28.6. The highest BCUT2D eigenvalue weighted by Crippen LogP contribution is 1.97. The van der Waals surface area contributed by atoms with Crippen molar-refractivity contribution < 1.29 is 17.8 Å². The van der Waals surface area contributed by atoms with Crippen LogP contribution in [0.4, 0.5) is 4.79 Å². The summed E-state index contributed by atoms with van der Waals surface area (Å²) in [6.45, 7) is 0. The Labute approximate surface area is 56.0 Å². The van der Waals surface area contributed by atoms with Gasteiger partial charge in [-0.25, -0.2) is 4.79 Å². The molecule has 1 rings (SSSR count). The van der Waals surface area contributed by atoms with Crippen molar-refractivity contribution in [2.45, 2.75) is 0 Å². The van der Waals surface area contributed by atoms with Gasteiger partial charge in [0.25, 0.3) is 0 Å². The van der Waals surface area contributed by atoms with Gasteiger partial charge in [-0.2, -0.15) is 18.4 Å². The molecule has 0 aromatic rings. The van der Waals surface area contributed by atoms with Gasteiger partial charge < -0.3 is 0 Å². The van der Waals surface area contributed by atoms with Crippen LogP contribution < -0.4 is 0 Å². The molecule has 7 heteroatoms. The van der Waals surface area contributed by atoms with E-state index >= 15 is 0 Å². The van der Waals surface area contributed by atoms with E-state index in [-0.39, 0.29) is 0 Å². The Balaban J connectivity index is 3.11. The van der Waals surface area contributed by atoms with Crippen molar-refractivity contribution in [2.24, 2.45) is 9.98 Å². The van der Waals surface area contributed by atoms with Gasteiger partial charge in [0.15, 0.2) is 0 Å². The number of carbonyl (C=O) groups is 1. The Morgan fingerprint density at radius 3 is 2.30 bits per heavy atom. The number of hydrogen-bond acceptors (Lipinski definition) is 3.